The summed E-state index contributed by atoms with van der Waals surface area (Å²) in [5.41, 5.74) is 4.94. The number of ether oxygens (including phenoxy) is 1. The minimum atomic E-state index is -0.849. The number of hydrogen-bond donors (Lipinski definition) is 1. The molecular weight excluding hydrogens is 556 g/mol. The highest BCUT2D eigenvalue weighted by molar-refractivity contribution is 6.39. The molecule has 1 fully saturated rings. The number of benzene rings is 3. The number of barbiturate groups is 1. The van der Waals surface area contributed by atoms with Crippen LogP contribution in [0.5, 0.6) is 0 Å². The molecule has 9 nitrogen and oxygen atoms in total. The van der Waals surface area contributed by atoms with E-state index in [9.17, 15) is 19.2 Å². The van der Waals surface area contributed by atoms with Gasteiger partial charge in [-0.3, -0.25) is 19.9 Å². The standard InChI is InChI=1S/C35H26N4O5/c1-2-44-34(42)25-15-17-27(18-16-25)38-30(23-10-5-3-6-11-23)21-26(31(38)24-12-7-4-8-13-24)20-29-32(40)37-35(43)39(33(29)41)28-14-9-19-36-22-28/h3-22H,2H2,1H3,(H,37,40,43)/b29-20-. The van der Waals surface area contributed by atoms with Crippen LogP contribution in [0.3, 0.4) is 0 Å². The van der Waals surface area contributed by atoms with Gasteiger partial charge in [0.25, 0.3) is 11.8 Å². The second-order valence-corrected chi connectivity index (χ2v) is 9.84. The minimum Gasteiger partial charge on any atom is -0.462 e. The molecule has 9 heteroatoms. The van der Waals surface area contributed by atoms with Crippen LogP contribution in [0.15, 0.2) is 121 Å². The lowest BCUT2D eigenvalue weighted by Gasteiger charge is -2.26. The van der Waals surface area contributed by atoms with E-state index in [1.54, 1.807) is 31.2 Å². The maximum atomic E-state index is 13.7. The van der Waals surface area contributed by atoms with E-state index in [2.05, 4.69) is 10.3 Å². The number of amides is 4. The Labute approximate surface area is 253 Å². The van der Waals surface area contributed by atoms with E-state index < -0.39 is 23.8 Å². The molecule has 2 aromatic heterocycles. The zero-order valence-electron chi connectivity index (χ0n) is 23.6. The number of aromatic nitrogens is 2. The Kier molecular flexibility index (Phi) is 7.67. The Morgan fingerprint density at radius 3 is 2.16 bits per heavy atom. The van der Waals surface area contributed by atoms with E-state index >= 15 is 0 Å². The smallest absolute Gasteiger partial charge is 0.338 e. The molecule has 3 heterocycles. The quantitative estimate of drug-likeness (QED) is 0.142. The molecule has 1 aliphatic heterocycles. The van der Waals surface area contributed by atoms with Crippen LogP contribution in [-0.2, 0) is 14.3 Å². The van der Waals surface area contributed by atoms with Crippen molar-refractivity contribution in [3.63, 3.8) is 0 Å². The number of anilines is 1. The Hall–Kier alpha value is -6.09. The van der Waals surface area contributed by atoms with Crippen molar-refractivity contribution in [2.45, 2.75) is 6.92 Å². The number of carbonyl (C=O) groups is 4. The fraction of sp³-hybridized carbons (Fsp3) is 0.0571. The molecule has 0 aliphatic carbocycles. The molecule has 1 saturated heterocycles. The molecule has 1 aliphatic rings. The van der Waals surface area contributed by atoms with Crippen molar-refractivity contribution in [1.29, 1.82) is 0 Å². The fourth-order valence-electron chi connectivity index (χ4n) is 5.12. The summed E-state index contributed by atoms with van der Waals surface area (Å²) in [6.07, 6.45) is 4.41. The lowest BCUT2D eigenvalue weighted by Crippen LogP contribution is -2.54. The Bertz CT molecular complexity index is 1900. The fourth-order valence-corrected chi connectivity index (χ4v) is 5.12. The van der Waals surface area contributed by atoms with Crippen LogP contribution in [0.25, 0.3) is 34.3 Å². The average molecular weight is 583 g/mol. The SMILES string of the molecule is CCOC(=O)c1ccc(-n2c(-c3ccccc3)cc(/C=C3/C(=O)NC(=O)N(c4cccnc4)C3=O)c2-c2ccccc2)cc1. The maximum Gasteiger partial charge on any atom is 0.338 e. The van der Waals surface area contributed by atoms with Crippen molar-refractivity contribution in [2.24, 2.45) is 0 Å². The molecule has 0 bridgehead atoms. The monoisotopic (exact) mass is 582 g/mol. The second-order valence-electron chi connectivity index (χ2n) is 9.84. The first-order valence-corrected chi connectivity index (χ1v) is 13.9. The van der Waals surface area contributed by atoms with Crippen molar-refractivity contribution in [2.75, 3.05) is 11.5 Å². The van der Waals surface area contributed by atoms with Gasteiger partial charge in [-0.15, -0.1) is 0 Å². The van der Waals surface area contributed by atoms with Gasteiger partial charge >= 0.3 is 12.0 Å². The Morgan fingerprint density at radius 2 is 1.52 bits per heavy atom. The van der Waals surface area contributed by atoms with Gasteiger partial charge in [-0.1, -0.05) is 60.7 Å². The van der Waals surface area contributed by atoms with Crippen molar-refractivity contribution < 1.29 is 23.9 Å². The molecule has 0 atom stereocenters. The van der Waals surface area contributed by atoms with E-state index in [4.69, 9.17) is 4.74 Å². The molecule has 4 amide bonds. The molecule has 44 heavy (non-hydrogen) atoms. The number of carbonyl (C=O) groups excluding carboxylic acids is 4. The third kappa shape index (κ3) is 5.30. The lowest BCUT2D eigenvalue weighted by molar-refractivity contribution is -0.122. The number of hydrogen-bond acceptors (Lipinski definition) is 6. The molecular formula is C35H26N4O5. The van der Waals surface area contributed by atoms with Crippen molar-refractivity contribution in [1.82, 2.24) is 14.9 Å². The third-order valence-electron chi connectivity index (χ3n) is 7.09. The van der Waals surface area contributed by atoms with E-state index in [-0.39, 0.29) is 17.9 Å². The van der Waals surface area contributed by atoms with Crippen LogP contribution < -0.4 is 10.2 Å². The number of urea groups is 1. The number of rotatable bonds is 7. The summed E-state index contributed by atoms with van der Waals surface area (Å²) in [7, 11) is 0. The van der Waals surface area contributed by atoms with Gasteiger partial charge in [0, 0.05) is 17.4 Å². The number of imide groups is 2. The largest absolute Gasteiger partial charge is 0.462 e. The first kappa shape index (κ1) is 28.0. The number of pyridine rings is 1. The first-order valence-electron chi connectivity index (χ1n) is 13.9. The normalized spacial score (nSPS) is 14.1. The van der Waals surface area contributed by atoms with Crippen LogP contribution in [0, 0.1) is 0 Å². The van der Waals surface area contributed by atoms with Gasteiger partial charge in [-0.25, -0.2) is 14.5 Å². The molecule has 0 radical (unpaired) electrons. The predicted octanol–water partition coefficient (Wildman–Crippen LogP) is 6.05. The van der Waals surface area contributed by atoms with Gasteiger partial charge in [0.15, 0.2) is 0 Å². The van der Waals surface area contributed by atoms with E-state index in [0.29, 0.717) is 16.8 Å². The summed E-state index contributed by atoms with van der Waals surface area (Å²) in [4.78, 5) is 56.8. The highest BCUT2D eigenvalue weighted by atomic mass is 16.5. The van der Waals surface area contributed by atoms with Crippen molar-refractivity contribution in [3.05, 3.63) is 132 Å². The number of nitrogens with zero attached hydrogens (tertiary/aromatic N) is 3. The second kappa shape index (κ2) is 12.0. The van der Waals surface area contributed by atoms with Crippen LogP contribution in [0.2, 0.25) is 0 Å². The summed E-state index contributed by atoms with van der Waals surface area (Å²) in [5, 5.41) is 2.28. The van der Waals surface area contributed by atoms with Gasteiger partial charge < -0.3 is 9.30 Å². The topological polar surface area (TPSA) is 111 Å². The summed E-state index contributed by atoms with van der Waals surface area (Å²) in [6.45, 7) is 2.02. The molecule has 0 unspecified atom stereocenters. The first-order chi connectivity index (χ1) is 21.5. The lowest BCUT2D eigenvalue weighted by atomic mass is 10.0. The molecule has 5 aromatic rings. The van der Waals surface area contributed by atoms with Crippen LogP contribution in [0.4, 0.5) is 10.5 Å². The highest BCUT2D eigenvalue weighted by Crippen LogP contribution is 2.37. The molecule has 6 rings (SSSR count). The predicted molar refractivity (Wildman–Crippen MR) is 166 cm³/mol. The van der Waals surface area contributed by atoms with E-state index in [0.717, 1.165) is 27.4 Å². The summed E-state index contributed by atoms with van der Waals surface area (Å²) >= 11 is 0. The zero-order valence-corrected chi connectivity index (χ0v) is 23.6. The van der Waals surface area contributed by atoms with Gasteiger partial charge in [0.1, 0.15) is 5.57 Å². The summed E-state index contributed by atoms with van der Waals surface area (Å²) < 4.78 is 7.18. The van der Waals surface area contributed by atoms with E-state index in [1.807, 2.05) is 83.4 Å². The van der Waals surface area contributed by atoms with Crippen molar-refractivity contribution >= 4 is 35.6 Å². The van der Waals surface area contributed by atoms with Crippen LogP contribution in [0.1, 0.15) is 22.8 Å². The van der Waals surface area contributed by atoms with Crippen LogP contribution in [-0.4, -0.2) is 40.0 Å². The molecule has 216 valence electrons. The van der Waals surface area contributed by atoms with Gasteiger partial charge in [-0.2, -0.15) is 0 Å². The van der Waals surface area contributed by atoms with Crippen LogP contribution >= 0.6 is 0 Å². The number of esters is 1. The Morgan fingerprint density at radius 1 is 0.841 bits per heavy atom. The summed E-state index contributed by atoms with van der Waals surface area (Å²) in [5.74, 6) is -1.98. The van der Waals surface area contributed by atoms with Gasteiger partial charge in [0.05, 0.1) is 35.4 Å². The minimum absolute atomic E-state index is 0.208. The zero-order chi connectivity index (χ0) is 30.6. The molecule has 1 N–H and O–H groups in total. The average Bonchev–Trinajstić information content (AvgIpc) is 3.43. The summed E-state index contributed by atoms with van der Waals surface area (Å²) in [6, 6.07) is 30.5. The van der Waals surface area contributed by atoms with Gasteiger partial charge in [0.2, 0.25) is 0 Å². The third-order valence-corrected chi connectivity index (χ3v) is 7.09. The number of nitrogens with one attached hydrogen (secondary N) is 1. The van der Waals surface area contributed by atoms with Crippen molar-refractivity contribution in [3.8, 4) is 28.2 Å². The molecule has 0 spiro atoms. The van der Waals surface area contributed by atoms with Gasteiger partial charge in [-0.05, 0) is 66.6 Å². The Balaban J connectivity index is 1.57. The highest BCUT2D eigenvalue weighted by Gasteiger charge is 2.37. The molecule has 0 saturated carbocycles. The maximum absolute atomic E-state index is 13.7. The van der Waals surface area contributed by atoms with E-state index in [1.165, 1.54) is 18.5 Å². The molecule has 3 aromatic carbocycles.